The SMILES string of the molecule is Cc1ncc(-c2cc3c(-c4nc5c(-c6cc(F)cc(OCCN7CCCC7)c6)cccc5[nH]4)n[nH]c3cn2)n1C. The molecule has 4 aromatic heterocycles. The van der Waals surface area contributed by atoms with Crippen LogP contribution in [0.5, 0.6) is 5.75 Å². The molecule has 0 spiro atoms. The molecule has 7 rings (SSSR count). The van der Waals surface area contributed by atoms with Gasteiger partial charge in [0.1, 0.15) is 29.7 Å². The standard InChI is InChI=1S/C30H29FN8O/c1-18-32-17-27(38(18)2)25-15-23-26(16-33-25)36-37-29(23)30-34-24-7-5-6-22(28(24)35-30)19-12-20(31)14-21(13-19)40-11-10-39-8-3-4-9-39/h5-7,12-17H,3-4,8-11H2,1-2H3,(H,34,35)(H,36,37). The van der Waals surface area contributed by atoms with Crippen molar-refractivity contribution in [3.05, 3.63) is 66.5 Å². The molecule has 0 bridgehead atoms. The van der Waals surface area contributed by atoms with Gasteiger partial charge in [-0.2, -0.15) is 5.10 Å². The first-order valence-electron chi connectivity index (χ1n) is 13.5. The lowest BCUT2D eigenvalue weighted by Crippen LogP contribution is -2.25. The van der Waals surface area contributed by atoms with Gasteiger partial charge in [0.05, 0.1) is 40.3 Å². The number of hydrogen-bond donors (Lipinski definition) is 2. The summed E-state index contributed by atoms with van der Waals surface area (Å²) in [5.41, 5.74) is 6.31. The van der Waals surface area contributed by atoms with E-state index < -0.39 is 0 Å². The number of hydrogen-bond acceptors (Lipinski definition) is 6. The number of aromatic nitrogens is 7. The molecule has 1 fully saturated rings. The normalized spacial score (nSPS) is 14.1. The first kappa shape index (κ1) is 24.5. The number of benzene rings is 2. The molecular formula is C30H29FN8O. The maximum atomic E-state index is 14.7. The quantitative estimate of drug-likeness (QED) is 0.280. The molecule has 0 unspecified atom stereocenters. The maximum absolute atomic E-state index is 14.7. The van der Waals surface area contributed by atoms with Crippen LogP contribution < -0.4 is 4.74 Å². The highest BCUT2D eigenvalue weighted by Crippen LogP contribution is 2.34. The zero-order valence-corrected chi connectivity index (χ0v) is 22.4. The van der Waals surface area contributed by atoms with Crippen LogP contribution >= 0.6 is 0 Å². The zero-order valence-electron chi connectivity index (χ0n) is 22.4. The topological polar surface area (TPSA) is 101 Å². The third kappa shape index (κ3) is 4.40. The predicted molar refractivity (Wildman–Crippen MR) is 152 cm³/mol. The van der Waals surface area contributed by atoms with Crippen LogP contribution in [0.3, 0.4) is 0 Å². The summed E-state index contributed by atoms with van der Waals surface area (Å²) in [7, 11) is 1.97. The first-order chi connectivity index (χ1) is 19.5. The Morgan fingerprint density at radius 1 is 1.02 bits per heavy atom. The van der Waals surface area contributed by atoms with Gasteiger partial charge in [-0.3, -0.25) is 15.0 Å². The summed E-state index contributed by atoms with van der Waals surface area (Å²) in [5, 5.41) is 8.51. The smallest absolute Gasteiger partial charge is 0.159 e. The molecule has 202 valence electrons. The highest BCUT2D eigenvalue weighted by atomic mass is 19.1. The van der Waals surface area contributed by atoms with Gasteiger partial charge in [-0.15, -0.1) is 0 Å². The molecular weight excluding hydrogens is 507 g/mol. The average molecular weight is 537 g/mol. The van der Waals surface area contributed by atoms with Crippen LogP contribution in [0.15, 0.2) is 54.9 Å². The van der Waals surface area contributed by atoms with Crippen LogP contribution in [0, 0.1) is 12.7 Å². The van der Waals surface area contributed by atoms with Gasteiger partial charge in [0.2, 0.25) is 0 Å². The molecule has 40 heavy (non-hydrogen) atoms. The fraction of sp³-hybridized carbons (Fsp3) is 0.267. The Hall–Kier alpha value is -4.57. The Morgan fingerprint density at radius 2 is 1.90 bits per heavy atom. The van der Waals surface area contributed by atoms with E-state index in [9.17, 15) is 4.39 Å². The van der Waals surface area contributed by atoms with Crippen LogP contribution in [0.4, 0.5) is 4.39 Å². The van der Waals surface area contributed by atoms with Crippen molar-refractivity contribution in [2.45, 2.75) is 19.8 Å². The number of rotatable bonds is 7. The second-order valence-electron chi connectivity index (χ2n) is 10.3. The van der Waals surface area contributed by atoms with Crippen LogP contribution in [0.25, 0.3) is 56.0 Å². The van der Waals surface area contributed by atoms with Gasteiger partial charge in [0, 0.05) is 30.6 Å². The highest BCUT2D eigenvalue weighted by molar-refractivity contribution is 5.97. The zero-order chi connectivity index (χ0) is 27.2. The number of aryl methyl sites for hydroxylation is 1. The molecule has 0 amide bonds. The molecule has 0 atom stereocenters. The van der Waals surface area contributed by atoms with Gasteiger partial charge in [-0.25, -0.2) is 14.4 Å². The summed E-state index contributed by atoms with van der Waals surface area (Å²) >= 11 is 0. The van der Waals surface area contributed by atoms with E-state index in [4.69, 9.17) is 9.72 Å². The molecule has 0 saturated carbocycles. The number of halogens is 1. The van der Waals surface area contributed by atoms with E-state index in [2.05, 4.69) is 30.0 Å². The van der Waals surface area contributed by atoms with E-state index in [-0.39, 0.29) is 5.82 Å². The van der Waals surface area contributed by atoms with Gasteiger partial charge in [0.15, 0.2) is 5.82 Å². The lowest BCUT2D eigenvalue weighted by atomic mass is 10.0. The minimum atomic E-state index is -0.342. The number of pyridine rings is 1. The number of ether oxygens (including phenoxy) is 1. The number of aromatic amines is 2. The fourth-order valence-electron chi connectivity index (χ4n) is 5.45. The number of nitrogens with one attached hydrogen (secondary N) is 2. The Balaban J connectivity index is 1.23. The van der Waals surface area contributed by atoms with E-state index in [1.165, 1.54) is 25.0 Å². The second-order valence-corrected chi connectivity index (χ2v) is 10.3. The molecule has 9 nitrogen and oxygen atoms in total. The summed E-state index contributed by atoms with van der Waals surface area (Å²) in [6, 6.07) is 12.7. The minimum Gasteiger partial charge on any atom is -0.492 e. The lowest BCUT2D eigenvalue weighted by molar-refractivity contribution is 0.237. The summed E-state index contributed by atoms with van der Waals surface area (Å²) in [4.78, 5) is 19.7. The molecule has 0 aliphatic carbocycles. The minimum absolute atomic E-state index is 0.342. The average Bonchev–Trinajstić information content (AvgIpc) is 3.75. The molecule has 1 aliphatic heterocycles. The van der Waals surface area contributed by atoms with Gasteiger partial charge < -0.3 is 14.3 Å². The van der Waals surface area contributed by atoms with E-state index in [0.29, 0.717) is 29.4 Å². The van der Waals surface area contributed by atoms with Gasteiger partial charge in [-0.05, 0) is 62.7 Å². The fourth-order valence-corrected chi connectivity index (χ4v) is 5.45. The number of nitrogens with zero attached hydrogens (tertiary/aromatic N) is 6. The summed E-state index contributed by atoms with van der Waals surface area (Å²) in [6.45, 7) is 5.54. The molecule has 10 heteroatoms. The van der Waals surface area contributed by atoms with Crippen LogP contribution in [0.2, 0.25) is 0 Å². The Bertz CT molecular complexity index is 1850. The Kier molecular flexibility index (Phi) is 6.04. The van der Waals surface area contributed by atoms with E-state index in [0.717, 1.165) is 64.3 Å². The molecule has 5 heterocycles. The van der Waals surface area contributed by atoms with E-state index in [1.54, 1.807) is 6.20 Å². The van der Waals surface area contributed by atoms with Crippen molar-refractivity contribution in [1.29, 1.82) is 0 Å². The van der Waals surface area contributed by atoms with Gasteiger partial charge in [0.25, 0.3) is 0 Å². The van der Waals surface area contributed by atoms with E-state index >= 15 is 0 Å². The number of likely N-dealkylation sites (tertiary alicyclic amines) is 1. The molecule has 1 saturated heterocycles. The van der Waals surface area contributed by atoms with Crippen molar-refractivity contribution in [3.63, 3.8) is 0 Å². The second kappa shape index (κ2) is 9.87. The number of para-hydroxylation sites is 1. The van der Waals surface area contributed by atoms with Crippen molar-refractivity contribution in [1.82, 2.24) is 39.6 Å². The van der Waals surface area contributed by atoms with Gasteiger partial charge >= 0.3 is 0 Å². The Morgan fingerprint density at radius 3 is 2.73 bits per heavy atom. The van der Waals surface area contributed by atoms with Crippen molar-refractivity contribution in [3.8, 4) is 39.8 Å². The number of H-pyrrole nitrogens is 2. The summed E-state index contributed by atoms with van der Waals surface area (Å²) < 4.78 is 22.7. The largest absolute Gasteiger partial charge is 0.492 e. The van der Waals surface area contributed by atoms with Crippen molar-refractivity contribution in [2.75, 3.05) is 26.2 Å². The van der Waals surface area contributed by atoms with Crippen molar-refractivity contribution < 1.29 is 9.13 Å². The van der Waals surface area contributed by atoms with Crippen molar-refractivity contribution >= 4 is 21.9 Å². The first-order valence-corrected chi connectivity index (χ1v) is 13.5. The van der Waals surface area contributed by atoms with Crippen LogP contribution in [-0.4, -0.2) is 65.8 Å². The van der Waals surface area contributed by atoms with E-state index in [1.807, 2.05) is 55.1 Å². The number of imidazole rings is 2. The monoisotopic (exact) mass is 536 g/mol. The van der Waals surface area contributed by atoms with Crippen LogP contribution in [0.1, 0.15) is 18.7 Å². The van der Waals surface area contributed by atoms with Crippen molar-refractivity contribution in [2.24, 2.45) is 7.05 Å². The third-order valence-electron chi connectivity index (χ3n) is 7.72. The molecule has 0 radical (unpaired) electrons. The number of fused-ring (bicyclic) bond motifs is 2. The third-order valence-corrected chi connectivity index (χ3v) is 7.72. The lowest BCUT2D eigenvalue weighted by Gasteiger charge is -2.15. The highest BCUT2D eigenvalue weighted by Gasteiger charge is 2.18. The predicted octanol–water partition coefficient (Wildman–Crippen LogP) is 5.49. The molecule has 2 aromatic carbocycles. The summed E-state index contributed by atoms with van der Waals surface area (Å²) in [6.07, 6.45) is 6.06. The van der Waals surface area contributed by atoms with Gasteiger partial charge in [-0.1, -0.05) is 12.1 Å². The maximum Gasteiger partial charge on any atom is 0.159 e. The Labute approximate surface area is 230 Å². The summed E-state index contributed by atoms with van der Waals surface area (Å²) in [5.74, 6) is 1.70. The van der Waals surface area contributed by atoms with Crippen LogP contribution in [-0.2, 0) is 7.05 Å². The molecule has 2 N–H and O–H groups in total. The molecule has 1 aliphatic rings. The molecule has 6 aromatic rings.